The van der Waals surface area contributed by atoms with Gasteiger partial charge in [0, 0.05) is 6.42 Å². The maximum Gasteiger partial charge on any atom is 0.142 e. The lowest BCUT2D eigenvalue weighted by Crippen LogP contribution is -2.42. The first-order chi connectivity index (χ1) is 10.7. The zero-order valence-corrected chi connectivity index (χ0v) is 15.3. The van der Waals surface area contributed by atoms with Crippen molar-refractivity contribution >= 4 is 0 Å². The molecule has 0 aliphatic rings. The molecule has 0 aromatic rings. The van der Waals surface area contributed by atoms with Crippen LogP contribution >= 0.6 is 0 Å². The second kappa shape index (κ2) is 15.7. The normalized spacial score (nSPS) is 12.0. The maximum atomic E-state index is 12.1. The molecule has 0 amide bonds. The lowest BCUT2D eigenvalue weighted by molar-refractivity contribution is -1.21. The van der Waals surface area contributed by atoms with E-state index >= 15 is 0 Å². The molecular formula is C18H39NO3. The standard InChI is InChI=1S/C18H39NO3/c1-4-7-8-9-10-11-12-13-14-15-16-17-18-19(20,21-5-2)22-6-3/h4-18H2,1-3H3. The van der Waals surface area contributed by atoms with Crippen LogP contribution in [0.25, 0.3) is 0 Å². The van der Waals surface area contributed by atoms with Gasteiger partial charge in [-0.1, -0.05) is 76.1 Å². The Hall–Kier alpha value is -0.160. The summed E-state index contributed by atoms with van der Waals surface area (Å²) in [5, 5.41) is 12.1. The van der Waals surface area contributed by atoms with Gasteiger partial charge >= 0.3 is 0 Å². The molecular weight excluding hydrogens is 278 g/mol. The van der Waals surface area contributed by atoms with Crippen molar-refractivity contribution in [1.29, 1.82) is 0 Å². The van der Waals surface area contributed by atoms with E-state index in [1.165, 1.54) is 64.2 Å². The lowest BCUT2D eigenvalue weighted by atomic mass is 10.1. The van der Waals surface area contributed by atoms with Crippen LogP contribution in [0.3, 0.4) is 0 Å². The highest BCUT2D eigenvalue weighted by Crippen LogP contribution is 2.14. The highest BCUT2D eigenvalue weighted by molar-refractivity contribution is 4.48. The van der Waals surface area contributed by atoms with E-state index in [-0.39, 0.29) is 0 Å². The van der Waals surface area contributed by atoms with Crippen LogP contribution in [0.2, 0.25) is 0 Å². The summed E-state index contributed by atoms with van der Waals surface area (Å²) in [6.07, 6.45) is 15.5. The summed E-state index contributed by atoms with van der Waals surface area (Å²) < 4.78 is 0. The van der Waals surface area contributed by atoms with Gasteiger partial charge < -0.3 is 5.21 Å². The number of hydrogen-bond acceptors (Lipinski definition) is 3. The SMILES string of the molecule is CCCCCCCCCCCCCC[N+]([O-])(OCC)OCC. The Kier molecular flexibility index (Phi) is 15.6. The molecule has 0 bridgehead atoms. The summed E-state index contributed by atoms with van der Waals surface area (Å²) in [7, 11) is 0. The predicted octanol–water partition coefficient (Wildman–Crippen LogP) is 5.91. The number of hydrogen-bond donors (Lipinski definition) is 0. The summed E-state index contributed by atoms with van der Waals surface area (Å²) >= 11 is 0. The first-order valence-electron chi connectivity index (χ1n) is 9.56. The van der Waals surface area contributed by atoms with Crippen LogP contribution in [-0.4, -0.2) is 24.7 Å². The maximum absolute atomic E-state index is 12.1. The van der Waals surface area contributed by atoms with Crippen molar-refractivity contribution in [2.75, 3.05) is 19.8 Å². The van der Waals surface area contributed by atoms with Gasteiger partial charge in [0.15, 0.2) is 0 Å². The van der Waals surface area contributed by atoms with E-state index in [2.05, 4.69) is 6.92 Å². The number of hydroxylamine groups is 3. The first-order valence-corrected chi connectivity index (χ1v) is 9.56. The van der Waals surface area contributed by atoms with Crippen molar-refractivity contribution in [3.63, 3.8) is 0 Å². The fourth-order valence-electron chi connectivity index (χ4n) is 2.71. The minimum atomic E-state index is -0.940. The van der Waals surface area contributed by atoms with Crippen LogP contribution in [0, 0.1) is 5.21 Å². The van der Waals surface area contributed by atoms with Crippen LogP contribution in [0.5, 0.6) is 0 Å². The molecule has 0 saturated carbocycles. The average molecular weight is 318 g/mol. The van der Waals surface area contributed by atoms with Gasteiger partial charge in [0.2, 0.25) is 0 Å². The quantitative estimate of drug-likeness (QED) is 0.190. The zero-order chi connectivity index (χ0) is 16.5. The molecule has 0 spiro atoms. The molecule has 0 unspecified atom stereocenters. The molecule has 134 valence electrons. The van der Waals surface area contributed by atoms with Crippen molar-refractivity contribution in [3.05, 3.63) is 5.21 Å². The number of unbranched alkanes of at least 4 members (excludes halogenated alkanes) is 11. The van der Waals surface area contributed by atoms with E-state index in [9.17, 15) is 5.21 Å². The van der Waals surface area contributed by atoms with Gasteiger partial charge in [-0.05, 0) is 20.3 Å². The van der Waals surface area contributed by atoms with Crippen LogP contribution in [0.1, 0.15) is 97.8 Å². The monoisotopic (exact) mass is 317 g/mol. The summed E-state index contributed by atoms with van der Waals surface area (Å²) in [6.45, 7) is 7.10. The van der Waals surface area contributed by atoms with E-state index < -0.39 is 4.97 Å². The zero-order valence-electron chi connectivity index (χ0n) is 15.3. The highest BCUT2D eigenvalue weighted by Gasteiger charge is 2.18. The summed E-state index contributed by atoms with van der Waals surface area (Å²) in [6, 6.07) is 0. The molecule has 0 radical (unpaired) electrons. The van der Waals surface area contributed by atoms with Crippen molar-refractivity contribution < 1.29 is 14.6 Å². The minimum Gasteiger partial charge on any atom is -0.564 e. The molecule has 4 heteroatoms. The van der Waals surface area contributed by atoms with E-state index in [4.69, 9.17) is 9.68 Å². The minimum absolute atomic E-state index is 0.391. The molecule has 0 rings (SSSR count). The molecule has 0 atom stereocenters. The van der Waals surface area contributed by atoms with Gasteiger partial charge in [-0.2, -0.15) is 9.68 Å². The molecule has 0 aliphatic carbocycles. The summed E-state index contributed by atoms with van der Waals surface area (Å²) in [4.78, 5) is 9.32. The number of quaternary nitrogens is 1. The Bertz CT molecular complexity index is 218. The van der Waals surface area contributed by atoms with Gasteiger partial charge in [0.05, 0.1) is 0 Å². The summed E-state index contributed by atoms with van der Waals surface area (Å²) in [5.74, 6) is 0. The second-order valence-electron chi connectivity index (χ2n) is 6.06. The molecule has 22 heavy (non-hydrogen) atoms. The van der Waals surface area contributed by atoms with Gasteiger partial charge in [-0.25, -0.2) is 0 Å². The average Bonchev–Trinajstić information content (AvgIpc) is 2.49. The van der Waals surface area contributed by atoms with Gasteiger partial charge in [-0.3, -0.25) is 0 Å². The first kappa shape index (κ1) is 21.8. The molecule has 0 fully saturated rings. The Morgan fingerprint density at radius 1 is 0.591 bits per heavy atom. The van der Waals surface area contributed by atoms with Crippen molar-refractivity contribution in [3.8, 4) is 0 Å². The Morgan fingerprint density at radius 3 is 1.32 bits per heavy atom. The van der Waals surface area contributed by atoms with E-state index in [0.29, 0.717) is 19.8 Å². The number of nitrogens with zero attached hydrogens (tertiary/aromatic N) is 1. The Balaban J connectivity index is 3.34. The number of rotatable bonds is 17. The van der Waals surface area contributed by atoms with Gasteiger partial charge in [-0.15, -0.1) is 0 Å². The summed E-state index contributed by atoms with van der Waals surface area (Å²) in [5.41, 5.74) is 0. The molecule has 0 aromatic heterocycles. The topological polar surface area (TPSA) is 41.5 Å². The molecule has 4 nitrogen and oxygen atoms in total. The van der Waals surface area contributed by atoms with Crippen LogP contribution < -0.4 is 0 Å². The smallest absolute Gasteiger partial charge is 0.142 e. The Morgan fingerprint density at radius 2 is 0.955 bits per heavy atom. The van der Waals surface area contributed by atoms with Gasteiger partial charge in [0.25, 0.3) is 0 Å². The van der Waals surface area contributed by atoms with Gasteiger partial charge in [0.1, 0.15) is 19.8 Å². The highest BCUT2D eigenvalue weighted by atomic mass is 17.2. The van der Waals surface area contributed by atoms with Crippen molar-refractivity contribution in [2.24, 2.45) is 0 Å². The van der Waals surface area contributed by atoms with Crippen LogP contribution in [0.4, 0.5) is 0 Å². The van der Waals surface area contributed by atoms with E-state index in [1.54, 1.807) is 0 Å². The lowest BCUT2D eigenvalue weighted by Gasteiger charge is -2.34. The van der Waals surface area contributed by atoms with Crippen LogP contribution in [0.15, 0.2) is 0 Å². The fourth-order valence-corrected chi connectivity index (χ4v) is 2.71. The second-order valence-corrected chi connectivity index (χ2v) is 6.06. The Labute approximate surface area is 138 Å². The third-order valence-electron chi connectivity index (χ3n) is 3.94. The van der Waals surface area contributed by atoms with E-state index in [1.807, 2.05) is 13.8 Å². The molecule has 0 aromatic carbocycles. The molecule has 0 aliphatic heterocycles. The van der Waals surface area contributed by atoms with Crippen molar-refractivity contribution in [1.82, 2.24) is 0 Å². The van der Waals surface area contributed by atoms with Crippen LogP contribution in [-0.2, 0) is 9.68 Å². The predicted molar refractivity (Wildman–Crippen MR) is 92.8 cm³/mol. The molecule has 0 N–H and O–H groups in total. The van der Waals surface area contributed by atoms with Crippen molar-refractivity contribution in [2.45, 2.75) is 97.8 Å². The molecule has 0 heterocycles. The third-order valence-corrected chi connectivity index (χ3v) is 3.94. The molecule has 0 saturated heterocycles. The fraction of sp³-hybridized carbons (Fsp3) is 1.00. The third kappa shape index (κ3) is 13.5. The largest absolute Gasteiger partial charge is 0.564 e. The van der Waals surface area contributed by atoms with E-state index in [0.717, 1.165) is 12.8 Å².